The Hall–Kier alpha value is -3.00. The molecule has 0 spiro atoms. The molecule has 0 aliphatic carbocycles. The summed E-state index contributed by atoms with van der Waals surface area (Å²) in [6.45, 7) is 8.52. The minimum Gasteiger partial charge on any atom is -0.491 e. The molecule has 184 valence electrons. The summed E-state index contributed by atoms with van der Waals surface area (Å²) in [5.74, 6) is 0.699. The molecule has 2 aromatic rings. The maximum absolute atomic E-state index is 13.5. The lowest BCUT2D eigenvalue weighted by Crippen LogP contribution is -2.46. The zero-order chi connectivity index (χ0) is 24.5. The Balaban J connectivity index is 1.93. The summed E-state index contributed by atoms with van der Waals surface area (Å²) in [6.07, 6.45) is 5.48. The van der Waals surface area contributed by atoms with Crippen LogP contribution in [0.2, 0.25) is 0 Å². The molecule has 3 rings (SSSR count). The number of nitrogens with zero attached hydrogens (tertiary/aromatic N) is 4. The number of para-hydroxylation sites is 1. The number of carbonyl (C=O) groups is 2. The van der Waals surface area contributed by atoms with Crippen molar-refractivity contribution in [3.05, 3.63) is 53.6 Å². The number of aryl methyl sites for hydroxylation is 1. The van der Waals surface area contributed by atoms with Gasteiger partial charge < -0.3 is 19.3 Å². The van der Waals surface area contributed by atoms with Crippen LogP contribution in [0.1, 0.15) is 59.7 Å². The lowest BCUT2D eigenvalue weighted by Gasteiger charge is -2.34. The quantitative estimate of drug-likeness (QED) is 0.644. The van der Waals surface area contributed by atoms with E-state index in [0.717, 1.165) is 25.0 Å². The largest absolute Gasteiger partial charge is 0.491 e. The zero-order valence-electron chi connectivity index (χ0n) is 20.7. The van der Waals surface area contributed by atoms with Crippen LogP contribution in [0.4, 0.5) is 0 Å². The van der Waals surface area contributed by atoms with Crippen molar-refractivity contribution in [3.63, 3.8) is 0 Å². The number of rotatable bonds is 6. The van der Waals surface area contributed by atoms with Crippen molar-refractivity contribution < 1.29 is 19.1 Å². The molecule has 2 heterocycles. The molecule has 0 radical (unpaired) electrons. The van der Waals surface area contributed by atoms with E-state index in [-0.39, 0.29) is 17.9 Å². The number of hydrogen-bond donors (Lipinski definition) is 0. The van der Waals surface area contributed by atoms with Crippen LogP contribution in [0.5, 0.6) is 5.75 Å². The van der Waals surface area contributed by atoms with E-state index < -0.39 is 0 Å². The van der Waals surface area contributed by atoms with E-state index >= 15 is 0 Å². The molecular formula is C26H36N4O4. The van der Waals surface area contributed by atoms with E-state index in [4.69, 9.17) is 9.47 Å². The summed E-state index contributed by atoms with van der Waals surface area (Å²) in [6, 6.07) is 7.17. The molecule has 0 saturated carbocycles. The predicted molar refractivity (Wildman–Crippen MR) is 130 cm³/mol. The Labute approximate surface area is 202 Å². The number of carbonyl (C=O) groups excluding carboxylic acids is 2. The monoisotopic (exact) mass is 468 g/mol. The van der Waals surface area contributed by atoms with E-state index in [2.05, 4.69) is 23.8 Å². The Morgan fingerprint density at radius 3 is 2.65 bits per heavy atom. The van der Waals surface area contributed by atoms with Gasteiger partial charge in [0.05, 0.1) is 30.1 Å². The molecule has 34 heavy (non-hydrogen) atoms. The van der Waals surface area contributed by atoms with Crippen molar-refractivity contribution in [3.8, 4) is 5.75 Å². The van der Waals surface area contributed by atoms with Crippen molar-refractivity contribution in [1.82, 2.24) is 19.8 Å². The van der Waals surface area contributed by atoms with Crippen LogP contribution in [0.25, 0.3) is 0 Å². The van der Waals surface area contributed by atoms with Gasteiger partial charge in [-0.3, -0.25) is 14.6 Å². The smallest absolute Gasteiger partial charge is 0.274 e. The third-order valence-corrected chi connectivity index (χ3v) is 5.92. The highest BCUT2D eigenvalue weighted by atomic mass is 16.5. The molecule has 1 aromatic heterocycles. The van der Waals surface area contributed by atoms with Crippen LogP contribution in [-0.2, 0) is 4.74 Å². The number of fused-ring (bicyclic) bond motifs is 1. The van der Waals surface area contributed by atoms with E-state index in [1.165, 1.54) is 0 Å². The molecule has 8 nitrogen and oxygen atoms in total. The van der Waals surface area contributed by atoms with Crippen molar-refractivity contribution in [2.75, 3.05) is 40.0 Å². The Kier molecular flexibility index (Phi) is 9.39. The Morgan fingerprint density at radius 2 is 1.94 bits per heavy atom. The minimum atomic E-state index is -0.150. The molecule has 0 fully saturated rings. The number of hydrogen-bond acceptors (Lipinski definition) is 6. The van der Waals surface area contributed by atoms with E-state index in [9.17, 15) is 9.59 Å². The second-order valence-electron chi connectivity index (χ2n) is 9.12. The average molecular weight is 469 g/mol. The highest BCUT2D eigenvalue weighted by Gasteiger charge is 2.29. The van der Waals surface area contributed by atoms with Gasteiger partial charge in [-0.05, 0) is 44.2 Å². The first kappa shape index (κ1) is 25.6. The van der Waals surface area contributed by atoms with Gasteiger partial charge >= 0.3 is 0 Å². The van der Waals surface area contributed by atoms with E-state index in [1.54, 1.807) is 30.5 Å². The maximum Gasteiger partial charge on any atom is 0.274 e. The molecule has 0 saturated heterocycles. The molecule has 0 N–H and O–H groups in total. The lowest BCUT2D eigenvalue weighted by molar-refractivity contribution is 0.0540. The summed E-state index contributed by atoms with van der Waals surface area (Å²) in [5, 5.41) is 0. The van der Waals surface area contributed by atoms with Crippen molar-refractivity contribution in [2.45, 2.75) is 46.1 Å². The van der Waals surface area contributed by atoms with Gasteiger partial charge in [-0.1, -0.05) is 26.0 Å². The first-order valence-corrected chi connectivity index (χ1v) is 12.0. The number of amides is 2. The zero-order valence-corrected chi connectivity index (χ0v) is 20.7. The number of methoxy groups -OCH3 is 1. The van der Waals surface area contributed by atoms with Crippen LogP contribution >= 0.6 is 0 Å². The van der Waals surface area contributed by atoms with Gasteiger partial charge in [-0.25, -0.2) is 4.98 Å². The van der Waals surface area contributed by atoms with Gasteiger partial charge in [0, 0.05) is 32.9 Å². The Bertz CT molecular complexity index is 948. The molecule has 8 heteroatoms. The number of aromatic nitrogens is 2. The fourth-order valence-corrected chi connectivity index (χ4v) is 4.16. The molecule has 0 unspecified atom stereocenters. The Morgan fingerprint density at radius 1 is 1.18 bits per heavy atom. The van der Waals surface area contributed by atoms with Crippen LogP contribution in [0.15, 0.2) is 36.7 Å². The van der Waals surface area contributed by atoms with Gasteiger partial charge in [0.1, 0.15) is 18.1 Å². The molecule has 1 atom stereocenters. The molecule has 1 aliphatic rings. The van der Waals surface area contributed by atoms with E-state index in [0.29, 0.717) is 55.8 Å². The van der Waals surface area contributed by atoms with Gasteiger partial charge in [0.25, 0.3) is 11.8 Å². The second kappa shape index (κ2) is 12.5. The van der Waals surface area contributed by atoms with Gasteiger partial charge in [-0.15, -0.1) is 0 Å². The van der Waals surface area contributed by atoms with Gasteiger partial charge in [0.2, 0.25) is 0 Å². The van der Waals surface area contributed by atoms with Crippen LogP contribution in [0.3, 0.4) is 0 Å². The summed E-state index contributed by atoms with van der Waals surface area (Å²) in [4.78, 5) is 39.1. The van der Waals surface area contributed by atoms with Crippen molar-refractivity contribution >= 4 is 11.8 Å². The molecular weight excluding hydrogens is 432 g/mol. The molecule has 0 bridgehead atoms. The standard InChI is InChI=1S/C26H36N4O4/c1-19(2)15-21-18-34-24-10-6-5-9-22(24)25(31)29(13-14-33-4)11-7-8-12-30(21)26(32)23-17-27-20(3)16-28-23/h5-6,9-10,16-17,19,21H,7-8,11-15,18H2,1-4H3/t21-/m0/s1. The molecule has 1 aliphatic heterocycles. The van der Waals surface area contributed by atoms with Crippen LogP contribution in [-0.4, -0.2) is 77.6 Å². The third kappa shape index (κ3) is 6.76. The van der Waals surface area contributed by atoms with Crippen LogP contribution < -0.4 is 4.74 Å². The first-order chi connectivity index (χ1) is 16.4. The summed E-state index contributed by atoms with van der Waals surface area (Å²) in [5.41, 5.74) is 1.64. The fraction of sp³-hybridized carbons (Fsp3) is 0.538. The topological polar surface area (TPSA) is 84.9 Å². The average Bonchev–Trinajstić information content (AvgIpc) is 2.83. The molecule has 1 aromatic carbocycles. The van der Waals surface area contributed by atoms with Crippen molar-refractivity contribution in [1.29, 1.82) is 0 Å². The molecule has 2 amide bonds. The second-order valence-corrected chi connectivity index (χ2v) is 9.12. The van der Waals surface area contributed by atoms with Gasteiger partial charge in [0.15, 0.2) is 0 Å². The number of benzene rings is 1. The summed E-state index contributed by atoms with van der Waals surface area (Å²) in [7, 11) is 1.63. The summed E-state index contributed by atoms with van der Waals surface area (Å²) >= 11 is 0. The highest BCUT2D eigenvalue weighted by Crippen LogP contribution is 2.24. The highest BCUT2D eigenvalue weighted by molar-refractivity contribution is 5.97. The van der Waals surface area contributed by atoms with Crippen molar-refractivity contribution in [2.24, 2.45) is 5.92 Å². The maximum atomic E-state index is 13.5. The summed E-state index contributed by atoms with van der Waals surface area (Å²) < 4.78 is 11.4. The number of ether oxygens (including phenoxy) is 2. The first-order valence-electron chi connectivity index (χ1n) is 12.0. The predicted octanol–water partition coefficient (Wildman–Crippen LogP) is 3.60. The lowest BCUT2D eigenvalue weighted by atomic mass is 10.0. The van der Waals surface area contributed by atoms with E-state index in [1.807, 2.05) is 30.0 Å². The SMILES string of the molecule is COCCN1CCCCN(C(=O)c2cnc(C)cn2)[C@@H](CC(C)C)COc2ccccc2C1=O. The normalized spacial score (nSPS) is 17.6. The van der Waals surface area contributed by atoms with Gasteiger partial charge in [-0.2, -0.15) is 0 Å². The fourth-order valence-electron chi connectivity index (χ4n) is 4.16. The van der Waals surface area contributed by atoms with Crippen LogP contribution in [0, 0.1) is 12.8 Å². The minimum absolute atomic E-state index is 0.0588. The third-order valence-electron chi connectivity index (χ3n) is 5.92.